The fourth-order valence-corrected chi connectivity index (χ4v) is 0. The summed E-state index contributed by atoms with van der Waals surface area (Å²) in [5.74, 6) is 0. The molecule has 0 aliphatic rings. The SMILES string of the molecule is O=S(=O)(O)[O][AlH2].[KH].[NaH]. The van der Waals surface area contributed by atoms with Crippen molar-refractivity contribution in [3.63, 3.8) is 0 Å². The molecule has 0 aromatic carbocycles. The zero-order chi connectivity index (χ0) is 5.21. The molecule has 0 saturated carbocycles. The van der Waals surface area contributed by atoms with E-state index in [0.717, 1.165) is 0 Å². The van der Waals surface area contributed by atoms with Crippen molar-refractivity contribution >= 4 is 108 Å². The molecule has 0 atom stereocenters. The fourth-order valence-electron chi connectivity index (χ4n) is 0. The second-order valence-electron chi connectivity index (χ2n) is 0.594. The molecule has 0 spiro atoms. The molecule has 0 aromatic rings. The van der Waals surface area contributed by atoms with E-state index in [-0.39, 0.29) is 97.6 Å². The summed E-state index contributed by atoms with van der Waals surface area (Å²) in [6, 6.07) is 0. The molecule has 0 rings (SSSR count). The van der Waals surface area contributed by atoms with Crippen molar-refractivity contribution < 1.29 is 16.2 Å². The van der Waals surface area contributed by atoms with Gasteiger partial charge in [-0.3, -0.25) is 4.55 Å². The molecule has 0 aromatic heterocycles. The monoisotopic (exact) mass is 190 g/mol. The molecule has 0 heterocycles. The van der Waals surface area contributed by atoms with Gasteiger partial charge in [-0.25, -0.2) is 0 Å². The van der Waals surface area contributed by atoms with Crippen molar-refractivity contribution in [1.29, 1.82) is 0 Å². The van der Waals surface area contributed by atoms with E-state index in [1.165, 1.54) is 0 Å². The first kappa shape index (κ1) is 17.2. The standard InChI is InChI=1S/Al.K.Na.H2O4S.4H/c;;;1-5(2,3)4;;;;/h;;;(H2,1,2,3,4);;;;/q+1;;;;;;;/p-1. The minimum atomic E-state index is -4.10. The van der Waals surface area contributed by atoms with E-state index in [1.54, 1.807) is 0 Å². The van der Waals surface area contributed by atoms with Crippen LogP contribution in [0.25, 0.3) is 0 Å². The van der Waals surface area contributed by atoms with Gasteiger partial charge in [0.1, 0.15) is 0 Å². The molecular formula is H5AlKNaO4S. The Hall–Kier alpha value is 3.04. The van der Waals surface area contributed by atoms with Gasteiger partial charge in [-0.15, -0.1) is 0 Å². The van der Waals surface area contributed by atoms with Crippen LogP contribution >= 0.6 is 0 Å². The third kappa shape index (κ3) is 16.0. The van der Waals surface area contributed by atoms with E-state index >= 15 is 0 Å². The molecule has 8 heteroatoms. The van der Waals surface area contributed by atoms with Gasteiger partial charge < -0.3 is 3.23 Å². The van der Waals surface area contributed by atoms with E-state index in [0.29, 0.717) is 0 Å². The number of rotatable bonds is 1. The van der Waals surface area contributed by atoms with Crippen LogP contribution in [0, 0.1) is 0 Å². The first-order valence-electron chi connectivity index (χ1n) is 1.09. The molecule has 0 amide bonds. The predicted octanol–water partition coefficient (Wildman–Crippen LogP) is -2.94. The number of hydrogen-bond donors (Lipinski definition) is 1. The molecule has 8 heavy (non-hydrogen) atoms. The van der Waals surface area contributed by atoms with Crippen molar-refractivity contribution in [2.24, 2.45) is 0 Å². The van der Waals surface area contributed by atoms with Crippen LogP contribution < -0.4 is 0 Å². The predicted molar refractivity (Wildman–Crippen MR) is 35.5 cm³/mol. The van der Waals surface area contributed by atoms with Gasteiger partial charge in [0.2, 0.25) is 0 Å². The van der Waals surface area contributed by atoms with Crippen LogP contribution in [-0.4, -0.2) is 111 Å². The van der Waals surface area contributed by atoms with Crippen LogP contribution in [0.3, 0.4) is 0 Å². The Morgan fingerprint density at radius 3 is 1.62 bits per heavy atom. The fraction of sp³-hybridized carbons (Fsp3) is 0. The molecule has 0 fully saturated rings. The minimum absolute atomic E-state index is 0. The summed E-state index contributed by atoms with van der Waals surface area (Å²) in [7, 11) is -4.10. The maximum absolute atomic E-state index is 9.37. The summed E-state index contributed by atoms with van der Waals surface area (Å²) in [6.07, 6.45) is 0. The van der Waals surface area contributed by atoms with E-state index in [2.05, 4.69) is 3.23 Å². The topological polar surface area (TPSA) is 63.6 Å². The van der Waals surface area contributed by atoms with E-state index in [1.807, 2.05) is 0 Å². The first-order chi connectivity index (χ1) is 2.56. The van der Waals surface area contributed by atoms with Gasteiger partial charge in [-0.1, -0.05) is 0 Å². The van der Waals surface area contributed by atoms with E-state index in [4.69, 9.17) is 4.55 Å². The molecule has 0 aliphatic heterocycles. The Balaban J connectivity index is -0.000000125. The maximum atomic E-state index is 9.37. The van der Waals surface area contributed by atoms with Gasteiger partial charge in [-0.05, 0) is 0 Å². The Morgan fingerprint density at radius 1 is 1.50 bits per heavy atom. The van der Waals surface area contributed by atoms with Crippen molar-refractivity contribution in [3.05, 3.63) is 0 Å². The van der Waals surface area contributed by atoms with Gasteiger partial charge in [0.25, 0.3) is 0 Å². The Bertz CT molecular complexity index is 118. The summed E-state index contributed by atoms with van der Waals surface area (Å²) < 4.78 is 30.0. The molecule has 0 saturated heterocycles. The second-order valence-corrected chi connectivity index (χ2v) is 2.78. The first-order valence-corrected chi connectivity index (χ1v) is 3.27. The zero-order valence-electron chi connectivity index (χ0n) is 3.08. The zero-order valence-corrected chi connectivity index (χ0v) is 5.90. The van der Waals surface area contributed by atoms with Gasteiger partial charge in [-0.2, -0.15) is 8.42 Å². The third-order valence-electron chi connectivity index (χ3n) is 0.211. The van der Waals surface area contributed by atoms with Crippen molar-refractivity contribution in [3.8, 4) is 0 Å². The quantitative estimate of drug-likeness (QED) is 0.355. The Labute approximate surface area is 121 Å². The average molecular weight is 190 g/mol. The van der Waals surface area contributed by atoms with Crippen LogP contribution in [0.1, 0.15) is 0 Å². The summed E-state index contributed by atoms with van der Waals surface area (Å²) in [5, 5.41) is 0. The molecular weight excluding hydrogens is 185 g/mol. The van der Waals surface area contributed by atoms with E-state index < -0.39 is 10.4 Å². The summed E-state index contributed by atoms with van der Waals surface area (Å²) in [5.41, 5.74) is 0. The Morgan fingerprint density at radius 2 is 1.62 bits per heavy atom. The third-order valence-corrected chi connectivity index (χ3v) is 1.90. The van der Waals surface area contributed by atoms with E-state index in [9.17, 15) is 8.42 Å². The van der Waals surface area contributed by atoms with Crippen molar-refractivity contribution in [1.82, 2.24) is 0 Å². The molecule has 0 radical (unpaired) electrons. The summed E-state index contributed by atoms with van der Waals surface area (Å²) in [4.78, 5) is 0. The Kier molecular flexibility index (Phi) is 17.5. The van der Waals surface area contributed by atoms with Crippen LogP contribution in [0.2, 0.25) is 0 Å². The van der Waals surface area contributed by atoms with Gasteiger partial charge in [0.05, 0.1) is 0 Å². The molecule has 0 bridgehead atoms. The van der Waals surface area contributed by atoms with Crippen LogP contribution in [-0.2, 0) is 13.6 Å². The van der Waals surface area contributed by atoms with Crippen LogP contribution in [0.15, 0.2) is 0 Å². The van der Waals surface area contributed by atoms with Crippen LogP contribution in [0.5, 0.6) is 0 Å². The summed E-state index contributed by atoms with van der Waals surface area (Å²) >= 11 is 0.0100. The molecule has 40 valence electrons. The normalized spacial score (nSPS) is 8.62. The van der Waals surface area contributed by atoms with Gasteiger partial charge >= 0.3 is 108 Å². The number of hydrogen-bond acceptors (Lipinski definition) is 3. The van der Waals surface area contributed by atoms with Crippen LogP contribution in [0.4, 0.5) is 0 Å². The summed E-state index contributed by atoms with van der Waals surface area (Å²) in [6.45, 7) is 0. The molecule has 1 N–H and O–H groups in total. The van der Waals surface area contributed by atoms with Crippen molar-refractivity contribution in [2.45, 2.75) is 0 Å². The molecule has 0 unspecified atom stereocenters. The molecule has 0 aliphatic carbocycles. The molecule has 4 nitrogen and oxygen atoms in total. The average Bonchev–Trinajstić information content (AvgIpc) is 1.35. The second kappa shape index (κ2) is 8.14. The van der Waals surface area contributed by atoms with Gasteiger partial charge in [0, 0.05) is 0 Å². The van der Waals surface area contributed by atoms with Crippen molar-refractivity contribution in [2.75, 3.05) is 0 Å². The van der Waals surface area contributed by atoms with Gasteiger partial charge in [0.15, 0.2) is 0 Å².